The average Bonchev–Trinajstić information content (AvgIpc) is 2.19. The molecule has 1 unspecified atom stereocenters. The van der Waals surface area contributed by atoms with Gasteiger partial charge < -0.3 is 10.4 Å². The highest BCUT2D eigenvalue weighted by Gasteiger charge is 2.37. The fourth-order valence-corrected chi connectivity index (χ4v) is 1.16. The van der Waals surface area contributed by atoms with Gasteiger partial charge in [-0.2, -0.15) is 13.2 Å². The van der Waals surface area contributed by atoms with E-state index < -0.39 is 18.8 Å². The van der Waals surface area contributed by atoms with Crippen LogP contribution >= 0.6 is 12.4 Å². The SMILES string of the molecule is Cc1ncccc1CNCC(O)C(F)(F)F.Cl. The summed E-state index contributed by atoms with van der Waals surface area (Å²) in [6.07, 6.45) is -5.29. The van der Waals surface area contributed by atoms with Crippen LogP contribution in [-0.4, -0.2) is 28.9 Å². The maximum absolute atomic E-state index is 12.0. The van der Waals surface area contributed by atoms with Crippen molar-refractivity contribution in [3.8, 4) is 0 Å². The first-order chi connectivity index (χ1) is 7.41. The summed E-state index contributed by atoms with van der Waals surface area (Å²) in [6, 6.07) is 3.49. The van der Waals surface area contributed by atoms with E-state index in [1.807, 2.05) is 0 Å². The molecule has 0 bridgehead atoms. The van der Waals surface area contributed by atoms with Gasteiger partial charge in [-0.05, 0) is 18.6 Å². The number of alkyl halides is 3. The molecule has 0 aliphatic rings. The quantitative estimate of drug-likeness (QED) is 0.877. The Hall–Kier alpha value is -0.850. The van der Waals surface area contributed by atoms with Crippen molar-refractivity contribution in [1.29, 1.82) is 0 Å². The number of aliphatic hydroxyl groups excluding tert-OH is 1. The van der Waals surface area contributed by atoms with Crippen molar-refractivity contribution in [1.82, 2.24) is 10.3 Å². The molecule has 0 fully saturated rings. The summed E-state index contributed by atoms with van der Waals surface area (Å²) in [6.45, 7) is 1.52. The summed E-state index contributed by atoms with van der Waals surface area (Å²) >= 11 is 0. The Morgan fingerprint density at radius 2 is 2.12 bits per heavy atom. The number of hydrogen-bond donors (Lipinski definition) is 2. The second-order valence-corrected chi connectivity index (χ2v) is 3.44. The molecule has 1 aromatic rings. The smallest absolute Gasteiger partial charge is 0.382 e. The molecule has 1 atom stereocenters. The van der Waals surface area contributed by atoms with Gasteiger partial charge in [0, 0.05) is 25.0 Å². The number of nitrogens with one attached hydrogen (secondary N) is 1. The van der Waals surface area contributed by atoms with Crippen LogP contribution in [0.3, 0.4) is 0 Å². The fourth-order valence-electron chi connectivity index (χ4n) is 1.16. The van der Waals surface area contributed by atoms with E-state index in [-0.39, 0.29) is 19.0 Å². The lowest BCUT2D eigenvalue weighted by Crippen LogP contribution is -2.38. The first kappa shape index (κ1) is 16.1. The molecule has 0 aromatic carbocycles. The van der Waals surface area contributed by atoms with Crippen LogP contribution in [0.4, 0.5) is 13.2 Å². The normalized spacial score (nSPS) is 13.0. The summed E-state index contributed by atoms with van der Waals surface area (Å²) < 4.78 is 35.9. The first-order valence-corrected chi connectivity index (χ1v) is 4.77. The van der Waals surface area contributed by atoms with Crippen molar-refractivity contribution in [3.05, 3.63) is 29.6 Å². The van der Waals surface area contributed by atoms with E-state index >= 15 is 0 Å². The average molecular weight is 271 g/mol. The minimum atomic E-state index is -4.57. The maximum Gasteiger partial charge on any atom is 0.415 e. The molecule has 0 aliphatic carbocycles. The molecule has 2 N–H and O–H groups in total. The molecule has 7 heteroatoms. The third-order valence-electron chi connectivity index (χ3n) is 2.15. The standard InChI is InChI=1S/C10H13F3N2O.ClH/c1-7-8(3-2-4-15-7)5-14-6-9(16)10(11,12)13;/h2-4,9,14,16H,5-6H2,1H3;1H. The molecular weight excluding hydrogens is 257 g/mol. The van der Waals surface area contributed by atoms with Crippen LogP contribution in [0, 0.1) is 6.92 Å². The van der Waals surface area contributed by atoms with E-state index in [9.17, 15) is 13.2 Å². The Balaban J connectivity index is 0.00000256. The van der Waals surface area contributed by atoms with Gasteiger partial charge in [0.1, 0.15) is 0 Å². The molecule has 0 amide bonds. The van der Waals surface area contributed by atoms with Crippen LogP contribution in [0.5, 0.6) is 0 Å². The third-order valence-corrected chi connectivity index (χ3v) is 2.15. The Kier molecular flexibility index (Phi) is 6.44. The number of aromatic nitrogens is 1. The van der Waals surface area contributed by atoms with Crippen molar-refractivity contribution in [2.24, 2.45) is 0 Å². The number of rotatable bonds is 4. The number of aliphatic hydroxyl groups is 1. The monoisotopic (exact) mass is 270 g/mol. The van der Waals surface area contributed by atoms with Gasteiger partial charge in [0.25, 0.3) is 0 Å². The minimum absolute atomic E-state index is 0. The molecular formula is C10H14ClF3N2O. The Labute approximate surface area is 103 Å². The minimum Gasteiger partial charge on any atom is -0.382 e. The van der Waals surface area contributed by atoms with Crippen LogP contribution in [0.25, 0.3) is 0 Å². The van der Waals surface area contributed by atoms with Crippen molar-refractivity contribution in [2.45, 2.75) is 25.7 Å². The summed E-state index contributed by atoms with van der Waals surface area (Å²) in [5, 5.41) is 11.3. The van der Waals surface area contributed by atoms with Crippen LogP contribution in [-0.2, 0) is 6.54 Å². The van der Waals surface area contributed by atoms with E-state index in [1.165, 1.54) is 0 Å². The van der Waals surface area contributed by atoms with Gasteiger partial charge >= 0.3 is 6.18 Å². The van der Waals surface area contributed by atoms with Gasteiger partial charge in [-0.1, -0.05) is 6.07 Å². The maximum atomic E-state index is 12.0. The molecule has 0 aliphatic heterocycles. The summed E-state index contributed by atoms with van der Waals surface area (Å²) in [7, 11) is 0. The van der Waals surface area contributed by atoms with E-state index in [2.05, 4.69) is 10.3 Å². The number of hydrogen-bond acceptors (Lipinski definition) is 3. The van der Waals surface area contributed by atoms with Gasteiger partial charge in [-0.25, -0.2) is 0 Å². The van der Waals surface area contributed by atoms with E-state index in [0.717, 1.165) is 11.3 Å². The highest BCUT2D eigenvalue weighted by Crippen LogP contribution is 2.19. The molecule has 0 spiro atoms. The lowest BCUT2D eigenvalue weighted by Gasteiger charge is -2.15. The number of pyridine rings is 1. The molecule has 3 nitrogen and oxygen atoms in total. The lowest BCUT2D eigenvalue weighted by atomic mass is 10.2. The van der Waals surface area contributed by atoms with Gasteiger partial charge in [-0.15, -0.1) is 12.4 Å². The zero-order valence-corrected chi connectivity index (χ0v) is 9.98. The summed E-state index contributed by atoms with van der Waals surface area (Å²) in [5.41, 5.74) is 1.58. The molecule has 0 saturated carbocycles. The molecule has 1 rings (SSSR count). The highest BCUT2D eigenvalue weighted by atomic mass is 35.5. The molecule has 1 heterocycles. The summed E-state index contributed by atoms with van der Waals surface area (Å²) in [4.78, 5) is 4.00. The van der Waals surface area contributed by atoms with Gasteiger partial charge in [-0.3, -0.25) is 4.98 Å². The molecule has 0 radical (unpaired) electrons. The molecule has 0 saturated heterocycles. The van der Waals surface area contributed by atoms with Gasteiger partial charge in [0.15, 0.2) is 6.10 Å². The Bertz CT molecular complexity index is 347. The predicted octanol–water partition coefficient (Wildman–Crippen LogP) is 1.82. The highest BCUT2D eigenvalue weighted by molar-refractivity contribution is 5.85. The zero-order valence-electron chi connectivity index (χ0n) is 9.16. The van der Waals surface area contributed by atoms with E-state index in [1.54, 1.807) is 25.3 Å². The molecule has 17 heavy (non-hydrogen) atoms. The number of nitrogens with zero attached hydrogens (tertiary/aromatic N) is 1. The number of aryl methyl sites for hydroxylation is 1. The summed E-state index contributed by atoms with van der Waals surface area (Å²) in [5.74, 6) is 0. The van der Waals surface area contributed by atoms with Crippen molar-refractivity contribution < 1.29 is 18.3 Å². The van der Waals surface area contributed by atoms with Crippen molar-refractivity contribution in [3.63, 3.8) is 0 Å². The first-order valence-electron chi connectivity index (χ1n) is 4.77. The van der Waals surface area contributed by atoms with Crippen LogP contribution in [0.15, 0.2) is 18.3 Å². The Morgan fingerprint density at radius 3 is 2.65 bits per heavy atom. The third kappa shape index (κ3) is 5.34. The molecule has 1 aromatic heterocycles. The topological polar surface area (TPSA) is 45.2 Å². The van der Waals surface area contributed by atoms with E-state index in [4.69, 9.17) is 5.11 Å². The lowest BCUT2D eigenvalue weighted by molar-refractivity contribution is -0.201. The van der Waals surface area contributed by atoms with Gasteiger partial charge in [0.2, 0.25) is 0 Å². The van der Waals surface area contributed by atoms with E-state index in [0.29, 0.717) is 0 Å². The molecule has 98 valence electrons. The van der Waals surface area contributed by atoms with Gasteiger partial charge in [0.05, 0.1) is 0 Å². The zero-order chi connectivity index (χ0) is 12.2. The second-order valence-electron chi connectivity index (χ2n) is 3.44. The predicted molar refractivity (Wildman–Crippen MR) is 60.0 cm³/mol. The fraction of sp³-hybridized carbons (Fsp3) is 0.500. The van der Waals surface area contributed by atoms with Crippen LogP contribution in [0.1, 0.15) is 11.3 Å². The Morgan fingerprint density at radius 1 is 1.47 bits per heavy atom. The number of halogens is 4. The largest absolute Gasteiger partial charge is 0.415 e. The van der Waals surface area contributed by atoms with Crippen molar-refractivity contribution in [2.75, 3.05) is 6.54 Å². The van der Waals surface area contributed by atoms with Crippen molar-refractivity contribution >= 4 is 12.4 Å². The van der Waals surface area contributed by atoms with Crippen LogP contribution < -0.4 is 5.32 Å². The second kappa shape index (κ2) is 6.78. The van der Waals surface area contributed by atoms with Crippen LogP contribution in [0.2, 0.25) is 0 Å².